The fourth-order valence-corrected chi connectivity index (χ4v) is 1.62. The van der Waals surface area contributed by atoms with Crippen molar-refractivity contribution >= 4 is 17.8 Å². The maximum atomic E-state index is 11.9. The van der Waals surface area contributed by atoms with Crippen LogP contribution in [-0.2, 0) is 19.1 Å². The minimum absolute atomic E-state index is 0.283. The topological polar surface area (TPSA) is 119 Å². The molecule has 0 heterocycles. The van der Waals surface area contributed by atoms with Crippen LogP contribution in [0.5, 0.6) is 0 Å². The number of rotatable bonds is 8. The number of hydrogen-bond acceptors (Lipinski definition) is 5. The normalized spacial score (nSPS) is 15.7. The number of carbonyl (C=O) groups excluding carboxylic acids is 2. The summed E-state index contributed by atoms with van der Waals surface area (Å²) >= 11 is 0. The maximum Gasteiger partial charge on any atom is 0.328 e. The summed E-state index contributed by atoms with van der Waals surface area (Å²) in [5.74, 6) is -2.20. The molecule has 0 saturated heterocycles. The summed E-state index contributed by atoms with van der Waals surface area (Å²) in [5, 5.41) is 11.3. The van der Waals surface area contributed by atoms with Crippen molar-refractivity contribution in [1.29, 1.82) is 0 Å². The Labute approximate surface area is 124 Å². The molecule has 0 aromatic carbocycles. The second-order valence-electron chi connectivity index (χ2n) is 6.15. The van der Waals surface area contributed by atoms with Gasteiger partial charge in [0.25, 0.3) is 0 Å². The highest BCUT2D eigenvalue weighted by molar-refractivity contribution is 5.87. The van der Waals surface area contributed by atoms with E-state index in [1.165, 1.54) is 13.8 Å². The number of hydrogen-bond donors (Lipinski definition) is 3. The van der Waals surface area contributed by atoms with Gasteiger partial charge in [0.05, 0.1) is 33.6 Å². The number of carboxylic acids is 1. The molecule has 0 radical (unpaired) electrons. The van der Waals surface area contributed by atoms with Gasteiger partial charge in [-0.05, 0) is 13.8 Å². The van der Waals surface area contributed by atoms with E-state index in [-0.39, 0.29) is 6.42 Å². The Balaban J connectivity index is 4.64. The van der Waals surface area contributed by atoms with Crippen molar-refractivity contribution in [2.24, 2.45) is 5.73 Å². The van der Waals surface area contributed by atoms with Gasteiger partial charge in [-0.15, -0.1) is 0 Å². The smallest absolute Gasteiger partial charge is 0.328 e. The third-order valence-electron chi connectivity index (χ3n) is 2.56. The van der Waals surface area contributed by atoms with Crippen molar-refractivity contribution in [3.8, 4) is 0 Å². The SMILES string of the molecule is C[C@H](N)C(=O)N[C@@H](C)C(=O)OC(CC(=O)O)C[N+](C)(C)C. The van der Waals surface area contributed by atoms with Crippen molar-refractivity contribution < 1.29 is 28.7 Å². The standard InChI is InChI=1S/C13H25N3O5/c1-8(14)12(19)15-9(2)13(20)21-10(6-11(17)18)7-16(3,4)5/h8-10H,6-7,14H2,1-5H3,(H-,15,17,18,19)/p+1/t8-,9-,10?/m0/s1. The third-order valence-corrected chi connectivity index (χ3v) is 2.56. The predicted octanol–water partition coefficient (Wildman–Crippen LogP) is -1.07. The highest BCUT2D eigenvalue weighted by atomic mass is 16.5. The molecule has 0 rings (SSSR count). The fourth-order valence-electron chi connectivity index (χ4n) is 1.62. The molecule has 122 valence electrons. The minimum Gasteiger partial charge on any atom is -0.481 e. The Morgan fingerprint density at radius 3 is 2.14 bits per heavy atom. The number of nitrogens with one attached hydrogen (secondary N) is 1. The summed E-state index contributed by atoms with van der Waals surface area (Å²) in [6.45, 7) is 3.32. The van der Waals surface area contributed by atoms with E-state index >= 15 is 0 Å². The molecule has 0 aromatic heterocycles. The second-order valence-corrected chi connectivity index (χ2v) is 6.15. The van der Waals surface area contributed by atoms with Crippen LogP contribution >= 0.6 is 0 Å². The molecule has 0 saturated carbocycles. The summed E-state index contributed by atoms with van der Waals surface area (Å²) in [6, 6.07) is -1.62. The van der Waals surface area contributed by atoms with Crippen LogP contribution in [0.1, 0.15) is 20.3 Å². The lowest BCUT2D eigenvalue weighted by Crippen LogP contribution is -2.49. The number of nitrogens with zero attached hydrogens (tertiary/aromatic N) is 1. The van der Waals surface area contributed by atoms with Gasteiger partial charge in [0.15, 0.2) is 6.10 Å². The highest BCUT2D eigenvalue weighted by Crippen LogP contribution is 2.06. The summed E-state index contributed by atoms with van der Waals surface area (Å²) in [6.07, 6.45) is -1.04. The van der Waals surface area contributed by atoms with Gasteiger partial charge in [0.2, 0.25) is 5.91 Å². The Bertz CT molecular complexity index is 390. The van der Waals surface area contributed by atoms with E-state index in [2.05, 4.69) is 5.32 Å². The third kappa shape index (κ3) is 8.98. The number of aliphatic carboxylic acids is 1. The van der Waals surface area contributed by atoms with Crippen LogP contribution in [0.2, 0.25) is 0 Å². The quantitative estimate of drug-likeness (QED) is 0.388. The van der Waals surface area contributed by atoms with E-state index in [1.54, 1.807) is 0 Å². The van der Waals surface area contributed by atoms with E-state index < -0.39 is 36.0 Å². The molecule has 0 aliphatic carbocycles. The largest absolute Gasteiger partial charge is 0.481 e. The summed E-state index contributed by atoms with van der Waals surface area (Å²) < 4.78 is 5.64. The first-order chi connectivity index (χ1) is 9.42. The van der Waals surface area contributed by atoms with Gasteiger partial charge in [0.1, 0.15) is 12.6 Å². The van der Waals surface area contributed by atoms with Crippen molar-refractivity contribution in [2.75, 3.05) is 27.7 Å². The molecule has 0 aromatic rings. The van der Waals surface area contributed by atoms with Crippen molar-refractivity contribution in [3.63, 3.8) is 0 Å². The minimum atomic E-state index is -1.05. The molecule has 21 heavy (non-hydrogen) atoms. The number of quaternary nitrogens is 1. The molecule has 0 fully saturated rings. The average molecular weight is 304 g/mol. The Morgan fingerprint density at radius 2 is 1.76 bits per heavy atom. The van der Waals surface area contributed by atoms with Gasteiger partial charge >= 0.3 is 11.9 Å². The Morgan fingerprint density at radius 1 is 1.24 bits per heavy atom. The van der Waals surface area contributed by atoms with E-state index in [0.29, 0.717) is 11.0 Å². The first-order valence-electron chi connectivity index (χ1n) is 6.71. The number of esters is 1. The molecule has 1 unspecified atom stereocenters. The zero-order valence-corrected chi connectivity index (χ0v) is 13.3. The number of nitrogens with two attached hydrogens (primary N) is 1. The number of likely N-dealkylation sites (N-methyl/N-ethyl adjacent to an activating group) is 1. The van der Waals surface area contributed by atoms with E-state index in [1.807, 2.05) is 21.1 Å². The first-order valence-corrected chi connectivity index (χ1v) is 6.71. The fraction of sp³-hybridized carbons (Fsp3) is 0.769. The van der Waals surface area contributed by atoms with E-state index in [4.69, 9.17) is 15.6 Å². The highest BCUT2D eigenvalue weighted by Gasteiger charge is 2.27. The van der Waals surface area contributed by atoms with Gasteiger partial charge in [-0.1, -0.05) is 0 Å². The van der Waals surface area contributed by atoms with Gasteiger partial charge in [-0.2, -0.15) is 0 Å². The summed E-state index contributed by atoms with van der Waals surface area (Å²) in [4.78, 5) is 34.1. The molecule has 0 aliphatic heterocycles. The van der Waals surface area contributed by atoms with Gasteiger partial charge in [-0.25, -0.2) is 4.79 Å². The Hall–Kier alpha value is -1.67. The van der Waals surface area contributed by atoms with E-state index in [9.17, 15) is 14.4 Å². The molecule has 0 spiro atoms. The lowest BCUT2D eigenvalue weighted by Gasteiger charge is -2.29. The Kier molecular flexibility index (Phi) is 7.31. The predicted molar refractivity (Wildman–Crippen MR) is 76.3 cm³/mol. The monoisotopic (exact) mass is 304 g/mol. The van der Waals surface area contributed by atoms with Crippen LogP contribution in [-0.4, -0.2) is 73.3 Å². The lowest BCUT2D eigenvalue weighted by molar-refractivity contribution is -0.873. The molecule has 8 nitrogen and oxygen atoms in total. The number of carbonyl (C=O) groups is 3. The van der Waals surface area contributed by atoms with Crippen LogP contribution in [0.25, 0.3) is 0 Å². The van der Waals surface area contributed by atoms with Gasteiger partial charge in [-0.3, -0.25) is 9.59 Å². The van der Waals surface area contributed by atoms with E-state index in [0.717, 1.165) is 0 Å². The van der Waals surface area contributed by atoms with Crippen LogP contribution in [0.3, 0.4) is 0 Å². The van der Waals surface area contributed by atoms with Crippen LogP contribution in [0, 0.1) is 0 Å². The summed E-state index contributed by atoms with van der Waals surface area (Å²) in [5.41, 5.74) is 5.39. The molecule has 3 atom stereocenters. The zero-order valence-electron chi connectivity index (χ0n) is 13.3. The molecular formula is C13H26N3O5+. The lowest BCUT2D eigenvalue weighted by atomic mass is 10.2. The van der Waals surface area contributed by atoms with Gasteiger partial charge < -0.3 is 25.4 Å². The maximum absolute atomic E-state index is 11.9. The van der Waals surface area contributed by atoms with Crippen molar-refractivity contribution in [2.45, 2.75) is 38.5 Å². The van der Waals surface area contributed by atoms with Crippen molar-refractivity contribution in [1.82, 2.24) is 5.32 Å². The first kappa shape index (κ1) is 19.3. The van der Waals surface area contributed by atoms with Crippen LogP contribution in [0.4, 0.5) is 0 Å². The number of ether oxygens (including phenoxy) is 1. The second kappa shape index (κ2) is 7.94. The molecule has 0 aliphatic rings. The summed E-state index contributed by atoms with van der Waals surface area (Å²) in [7, 11) is 5.60. The number of amides is 1. The zero-order chi connectivity index (χ0) is 16.8. The molecule has 4 N–H and O–H groups in total. The van der Waals surface area contributed by atoms with Crippen LogP contribution in [0.15, 0.2) is 0 Å². The average Bonchev–Trinajstić information content (AvgIpc) is 2.24. The molecule has 1 amide bonds. The van der Waals surface area contributed by atoms with Crippen LogP contribution < -0.4 is 11.1 Å². The van der Waals surface area contributed by atoms with Crippen molar-refractivity contribution in [3.05, 3.63) is 0 Å². The number of carboxylic acid groups (broad SMARTS) is 1. The molecular weight excluding hydrogens is 278 g/mol. The molecule has 8 heteroatoms. The van der Waals surface area contributed by atoms with Gasteiger partial charge in [0, 0.05) is 0 Å². The molecule has 0 bridgehead atoms.